The maximum Gasteiger partial charge on any atom is 0.153 e. The number of ketones is 1. The number of aliphatic imine (C=N–C) groups is 2. The van der Waals surface area contributed by atoms with E-state index < -0.39 is 0 Å². The average molecular weight is 152 g/mol. The molecule has 0 aromatic rings. The van der Waals surface area contributed by atoms with Crippen molar-refractivity contribution in [2.75, 3.05) is 7.05 Å². The first-order valence-electron chi connectivity index (χ1n) is 3.38. The van der Waals surface area contributed by atoms with Gasteiger partial charge in [-0.1, -0.05) is 0 Å². The number of carbonyl (C=O) groups is 1. The van der Waals surface area contributed by atoms with Crippen LogP contribution in [0.5, 0.6) is 0 Å². The molecule has 0 aliphatic heterocycles. The molecule has 3 heteroatoms. The lowest BCUT2D eigenvalue weighted by molar-refractivity contribution is -0.117. The number of hydrogen-bond acceptors (Lipinski definition) is 3. The monoisotopic (exact) mass is 152 g/mol. The Bertz CT molecular complexity index is 212. The van der Waals surface area contributed by atoms with Gasteiger partial charge in [-0.15, -0.1) is 0 Å². The highest BCUT2D eigenvalue weighted by Gasteiger charge is 2.00. The Morgan fingerprint density at radius 2 is 2.27 bits per heavy atom. The third kappa shape index (κ3) is 5.25. The van der Waals surface area contributed by atoms with E-state index in [0.29, 0.717) is 0 Å². The number of nitrogens with zero attached hydrogens (tertiary/aromatic N) is 2. The Balaban J connectivity index is 3.93. The lowest BCUT2D eigenvalue weighted by Crippen LogP contribution is -2.09. The normalized spacial score (nSPS) is 12.3. The molecule has 0 fully saturated rings. The number of Topliss-reactive ketones (excluding diaryl/α,β-unsaturated/α-hetero) is 1. The van der Waals surface area contributed by atoms with E-state index in [1.807, 2.05) is 0 Å². The van der Waals surface area contributed by atoms with Crippen LogP contribution >= 0.6 is 0 Å². The van der Waals surface area contributed by atoms with E-state index in [1.54, 1.807) is 20.0 Å². The molecule has 11 heavy (non-hydrogen) atoms. The second-order valence-corrected chi connectivity index (χ2v) is 2.10. The van der Waals surface area contributed by atoms with Gasteiger partial charge >= 0.3 is 0 Å². The van der Waals surface area contributed by atoms with Crippen LogP contribution in [0.25, 0.3) is 0 Å². The number of hydrogen-bond donors (Lipinski definition) is 0. The predicted molar refractivity (Wildman–Crippen MR) is 46.6 cm³/mol. The second-order valence-electron chi connectivity index (χ2n) is 2.10. The molecule has 1 unspecified atom stereocenters. The summed E-state index contributed by atoms with van der Waals surface area (Å²) in [5.74, 6) is 2.64. The van der Waals surface area contributed by atoms with Gasteiger partial charge < -0.3 is 0 Å². The van der Waals surface area contributed by atoms with Gasteiger partial charge in [-0.3, -0.25) is 9.79 Å². The topological polar surface area (TPSA) is 41.8 Å². The lowest BCUT2D eigenvalue weighted by Gasteiger charge is -1.95. The molecule has 0 rings (SSSR count). The fourth-order valence-corrected chi connectivity index (χ4v) is 0.385. The third-order valence-electron chi connectivity index (χ3n) is 1.18. The highest BCUT2D eigenvalue weighted by molar-refractivity contribution is 5.87. The van der Waals surface area contributed by atoms with Crippen molar-refractivity contribution in [1.82, 2.24) is 0 Å². The molecule has 0 saturated heterocycles. The van der Waals surface area contributed by atoms with Crippen molar-refractivity contribution in [2.24, 2.45) is 9.98 Å². The van der Waals surface area contributed by atoms with Crippen LogP contribution in [0.15, 0.2) is 16.1 Å². The lowest BCUT2D eigenvalue weighted by atomic mass is 10.2. The van der Waals surface area contributed by atoms with Gasteiger partial charge in [0, 0.05) is 19.3 Å². The molecule has 0 bridgehead atoms. The Morgan fingerprint density at radius 1 is 1.64 bits per heavy atom. The Kier molecular flexibility index (Phi) is 4.95. The van der Waals surface area contributed by atoms with Crippen molar-refractivity contribution in [3.8, 4) is 0 Å². The molecule has 0 heterocycles. The molecule has 0 spiro atoms. The van der Waals surface area contributed by atoms with Gasteiger partial charge in [0.05, 0.1) is 0 Å². The summed E-state index contributed by atoms with van der Waals surface area (Å²) >= 11 is 0. The third-order valence-corrected chi connectivity index (χ3v) is 1.18. The number of rotatable bonds is 3. The number of carbonyl (C=O) groups excluding carboxylic acids is 1. The first-order valence-corrected chi connectivity index (χ1v) is 3.38. The van der Waals surface area contributed by atoms with Crippen molar-refractivity contribution in [3.05, 3.63) is 6.08 Å². The zero-order valence-electron chi connectivity index (χ0n) is 7.03. The zero-order chi connectivity index (χ0) is 8.69. The van der Waals surface area contributed by atoms with E-state index in [0.717, 1.165) is 0 Å². The summed E-state index contributed by atoms with van der Waals surface area (Å²) < 4.78 is 0. The first-order chi connectivity index (χ1) is 5.18. The van der Waals surface area contributed by atoms with Gasteiger partial charge in [0.2, 0.25) is 0 Å². The van der Waals surface area contributed by atoms with Crippen LogP contribution in [0.3, 0.4) is 0 Å². The standard InChI is InChI=1S/C8H12N2O/c1-7(8(2)11)10-6-4-5-9-3/h4,6-7H,1-3H3. The van der Waals surface area contributed by atoms with E-state index in [-0.39, 0.29) is 11.8 Å². The first kappa shape index (κ1) is 9.79. The smallest absolute Gasteiger partial charge is 0.153 e. The van der Waals surface area contributed by atoms with Crippen molar-refractivity contribution in [1.29, 1.82) is 0 Å². The van der Waals surface area contributed by atoms with Gasteiger partial charge in [-0.05, 0) is 19.7 Å². The minimum absolute atomic E-state index is 0.0584. The van der Waals surface area contributed by atoms with Gasteiger partial charge in [0.25, 0.3) is 0 Å². The minimum Gasteiger partial charge on any atom is -0.298 e. The fraction of sp³-hybridized carbons (Fsp3) is 0.500. The van der Waals surface area contributed by atoms with Crippen molar-refractivity contribution in [3.63, 3.8) is 0 Å². The van der Waals surface area contributed by atoms with E-state index in [9.17, 15) is 4.79 Å². The van der Waals surface area contributed by atoms with Crippen molar-refractivity contribution >= 4 is 17.9 Å². The van der Waals surface area contributed by atoms with Crippen LogP contribution in [-0.2, 0) is 4.79 Å². The predicted octanol–water partition coefficient (Wildman–Crippen LogP) is 0.890. The van der Waals surface area contributed by atoms with Crippen LogP contribution in [0.1, 0.15) is 13.8 Å². The molecule has 0 radical (unpaired) electrons. The van der Waals surface area contributed by atoms with E-state index >= 15 is 0 Å². The van der Waals surface area contributed by atoms with Crippen molar-refractivity contribution < 1.29 is 4.79 Å². The van der Waals surface area contributed by atoms with E-state index in [1.165, 1.54) is 13.1 Å². The molecule has 0 aliphatic rings. The Hall–Kier alpha value is -1.21. The summed E-state index contributed by atoms with van der Waals surface area (Å²) in [7, 11) is 1.62. The molecule has 3 nitrogen and oxygen atoms in total. The maximum atomic E-state index is 10.6. The SMILES string of the molecule is CN=C=CC=NC(C)C(C)=O. The van der Waals surface area contributed by atoms with Gasteiger partial charge in [-0.25, -0.2) is 4.99 Å². The van der Waals surface area contributed by atoms with Crippen LogP contribution in [0.2, 0.25) is 0 Å². The average Bonchev–Trinajstić information content (AvgIpc) is 1.97. The molecule has 0 amide bonds. The molecular weight excluding hydrogens is 140 g/mol. The largest absolute Gasteiger partial charge is 0.298 e. The molecule has 1 atom stereocenters. The molecular formula is C8H12N2O. The van der Waals surface area contributed by atoms with Crippen LogP contribution < -0.4 is 0 Å². The minimum atomic E-state index is -0.259. The zero-order valence-corrected chi connectivity index (χ0v) is 7.03. The summed E-state index contributed by atoms with van der Waals surface area (Å²) in [6.07, 6.45) is 3.10. The Labute approximate surface area is 66.6 Å². The summed E-state index contributed by atoms with van der Waals surface area (Å²) in [5, 5.41) is 0. The van der Waals surface area contributed by atoms with Gasteiger partial charge in [0.1, 0.15) is 6.04 Å². The quantitative estimate of drug-likeness (QED) is 0.554. The Morgan fingerprint density at radius 3 is 2.73 bits per heavy atom. The molecule has 0 saturated carbocycles. The van der Waals surface area contributed by atoms with Gasteiger partial charge in [-0.2, -0.15) is 0 Å². The van der Waals surface area contributed by atoms with Crippen LogP contribution in [0.4, 0.5) is 0 Å². The molecule has 0 aliphatic carbocycles. The van der Waals surface area contributed by atoms with E-state index in [2.05, 4.69) is 15.9 Å². The second kappa shape index (κ2) is 5.57. The highest BCUT2D eigenvalue weighted by Crippen LogP contribution is 1.88. The van der Waals surface area contributed by atoms with Crippen LogP contribution in [0, 0.1) is 0 Å². The van der Waals surface area contributed by atoms with E-state index in [4.69, 9.17) is 0 Å². The van der Waals surface area contributed by atoms with Gasteiger partial charge in [0.15, 0.2) is 5.78 Å². The number of allylic oxidation sites excluding steroid dienone is 1. The molecule has 0 aromatic heterocycles. The van der Waals surface area contributed by atoms with Crippen LogP contribution in [-0.4, -0.2) is 31.0 Å². The molecule has 60 valence electrons. The summed E-state index contributed by atoms with van der Waals surface area (Å²) in [5.41, 5.74) is 0. The fourth-order valence-electron chi connectivity index (χ4n) is 0.385. The van der Waals surface area contributed by atoms with Crippen molar-refractivity contribution in [2.45, 2.75) is 19.9 Å². The summed E-state index contributed by atoms with van der Waals surface area (Å²) in [6, 6.07) is -0.259. The maximum absolute atomic E-state index is 10.6. The summed E-state index contributed by atoms with van der Waals surface area (Å²) in [6.45, 7) is 3.26. The molecule has 0 N–H and O–H groups in total. The summed E-state index contributed by atoms with van der Waals surface area (Å²) in [4.78, 5) is 18.1. The molecule has 0 aromatic carbocycles. The highest BCUT2D eigenvalue weighted by atomic mass is 16.1.